The Balaban J connectivity index is 1.15. The van der Waals surface area contributed by atoms with Crippen LogP contribution in [0.15, 0.2) is 108 Å². The molecule has 2 aromatic heterocycles. The number of benzene rings is 4. The number of rotatable bonds is 11. The quantitative estimate of drug-likeness (QED) is 0.173. The van der Waals surface area contributed by atoms with Gasteiger partial charge >= 0.3 is 0 Å². The van der Waals surface area contributed by atoms with Gasteiger partial charge in [0, 0.05) is 37.3 Å². The molecule has 1 spiro atoms. The van der Waals surface area contributed by atoms with Crippen LogP contribution in [0, 0.1) is 5.92 Å². The molecular weight excluding hydrogens is 685 g/mol. The highest BCUT2D eigenvalue weighted by molar-refractivity contribution is 6.91. The van der Waals surface area contributed by atoms with E-state index in [1.807, 2.05) is 101 Å². The summed E-state index contributed by atoms with van der Waals surface area (Å²) in [4.78, 5) is 30.3. The van der Waals surface area contributed by atoms with Gasteiger partial charge in [0.05, 0.1) is 55.8 Å². The number of anilines is 1. The van der Waals surface area contributed by atoms with Crippen molar-refractivity contribution in [3.63, 3.8) is 0 Å². The maximum atomic E-state index is 15.2. The van der Waals surface area contributed by atoms with Crippen molar-refractivity contribution < 1.29 is 19.4 Å². The van der Waals surface area contributed by atoms with Gasteiger partial charge in [-0.15, -0.1) is 5.10 Å². The number of amides is 1. The van der Waals surface area contributed by atoms with E-state index in [4.69, 9.17) is 9.47 Å². The summed E-state index contributed by atoms with van der Waals surface area (Å²) in [5.74, 6) is 0.588. The van der Waals surface area contributed by atoms with E-state index >= 15 is 4.79 Å². The molecule has 272 valence electrons. The molecule has 0 unspecified atom stereocenters. The fraction of sp³-hybridized carbons (Fsp3) is 0.317. The van der Waals surface area contributed by atoms with Crippen molar-refractivity contribution in [2.45, 2.75) is 63.2 Å². The second kappa shape index (κ2) is 13.6. The van der Waals surface area contributed by atoms with Gasteiger partial charge in [0.1, 0.15) is 5.75 Å². The lowest BCUT2D eigenvalue weighted by Gasteiger charge is -2.37. The number of H-pyrrole nitrogens is 1. The summed E-state index contributed by atoms with van der Waals surface area (Å²) in [5, 5.41) is 23.1. The molecule has 2 N–H and O–H groups in total. The highest BCUT2D eigenvalue weighted by Gasteiger charge is 2.66. The lowest BCUT2D eigenvalue weighted by molar-refractivity contribution is -0.146. The molecule has 0 saturated carbocycles. The molecule has 1 saturated heterocycles. The molecule has 4 atom stereocenters. The van der Waals surface area contributed by atoms with Crippen LogP contribution < -0.4 is 20.4 Å². The predicted octanol–water partition coefficient (Wildman–Crippen LogP) is 5.31. The normalized spacial score (nSPS) is 21.2. The maximum Gasteiger partial charge on any atom is 0.279 e. The van der Waals surface area contributed by atoms with Crippen LogP contribution in [0.25, 0.3) is 16.6 Å². The Labute approximate surface area is 308 Å². The summed E-state index contributed by atoms with van der Waals surface area (Å²) < 4.78 is 16.1. The Bertz CT molecular complexity index is 2350. The lowest BCUT2D eigenvalue weighted by atomic mass is 9.82. The zero-order valence-corrected chi connectivity index (χ0v) is 31.4. The first-order chi connectivity index (χ1) is 25.6. The van der Waals surface area contributed by atoms with Gasteiger partial charge in [-0.05, 0) is 60.0 Å². The van der Waals surface area contributed by atoms with Gasteiger partial charge in [-0.3, -0.25) is 19.4 Å². The Kier molecular flexibility index (Phi) is 8.92. The third-order valence-corrected chi connectivity index (χ3v) is 15.8. The first-order valence-electron chi connectivity index (χ1n) is 18.2. The Hall–Kier alpha value is -5.30. The molecule has 4 heterocycles. The second-order valence-electron chi connectivity index (χ2n) is 14.8. The number of aliphatic hydroxyl groups is 1. The highest BCUT2D eigenvalue weighted by atomic mass is 28.3. The van der Waals surface area contributed by atoms with E-state index in [1.54, 1.807) is 11.8 Å². The lowest BCUT2D eigenvalue weighted by Crippen LogP contribution is -2.51. The molecule has 0 radical (unpaired) electrons. The van der Waals surface area contributed by atoms with Crippen LogP contribution in [0.1, 0.15) is 30.2 Å². The van der Waals surface area contributed by atoms with Crippen LogP contribution in [0.5, 0.6) is 5.75 Å². The summed E-state index contributed by atoms with van der Waals surface area (Å²) in [6.07, 6.45) is 2.72. The number of aromatic nitrogens is 5. The van der Waals surface area contributed by atoms with E-state index in [0.29, 0.717) is 37.0 Å². The molecule has 0 aliphatic carbocycles. The van der Waals surface area contributed by atoms with E-state index < -0.39 is 13.7 Å². The molecule has 53 heavy (non-hydrogen) atoms. The molecule has 6 aromatic rings. The van der Waals surface area contributed by atoms with E-state index in [2.05, 4.69) is 47.6 Å². The molecule has 12 heteroatoms. The molecule has 2 aliphatic rings. The van der Waals surface area contributed by atoms with Crippen LogP contribution in [-0.2, 0) is 34.6 Å². The van der Waals surface area contributed by atoms with Crippen molar-refractivity contribution in [3.05, 3.63) is 130 Å². The second-order valence-corrected chi connectivity index (χ2v) is 19.5. The number of nitrogens with zero attached hydrogens (tertiary/aromatic N) is 5. The molecule has 2 aliphatic heterocycles. The molecule has 1 amide bonds. The largest absolute Gasteiger partial charge is 0.497 e. The average Bonchev–Trinajstić information content (AvgIpc) is 3.91. The van der Waals surface area contributed by atoms with Crippen LogP contribution in [-0.4, -0.2) is 63.7 Å². The number of methoxy groups -OCH3 is 1. The summed E-state index contributed by atoms with van der Waals surface area (Å²) in [6, 6.07) is 31.6. The zero-order chi connectivity index (χ0) is 36.9. The van der Waals surface area contributed by atoms with Crippen molar-refractivity contribution in [3.8, 4) is 11.4 Å². The smallest absolute Gasteiger partial charge is 0.279 e. The van der Waals surface area contributed by atoms with Crippen molar-refractivity contribution in [1.82, 2.24) is 24.8 Å². The van der Waals surface area contributed by atoms with Crippen molar-refractivity contribution >= 4 is 35.8 Å². The van der Waals surface area contributed by atoms with Gasteiger partial charge < -0.3 is 19.5 Å². The van der Waals surface area contributed by atoms with Gasteiger partial charge in [-0.1, -0.05) is 85.0 Å². The molecule has 8 rings (SSSR count). The zero-order valence-electron chi connectivity index (χ0n) is 30.4. The fourth-order valence-corrected chi connectivity index (χ4v) is 12.9. The van der Waals surface area contributed by atoms with Crippen LogP contribution in [0.4, 0.5) is 5.69 Å². The number of para-hydroxylation sites is 2. The SMILES string of the molecule is COc1ccc([Si](C)(C)[C@H]2[C@H](CCn3cc(CCO)nn3)O[C@@]3(C(=O)N(Cc4cccc(-n5[nH]c6ccccc6c5=O)c4)c4ccccc43)[C@@H]2C)cc1. The van der Waals surface area contributed by atoms with Crippen LogP contribution in [0.3, 0.4) is 0 Å². The number of fused-ring (bicyclic) bond motifs is 3. The highest BCUT2D eigenvalue weighted by Crippen LogP contribution is 2.60. The van der Waals surface area contributed by atoms with Gasteiger partial charge in [0.25, 0.3) is 11.5 Å². The average molecular weight is 729 g/mol. The fourth-order valence-electron chi connectivity index (χ4n) is 8.85. The number of aryl methyl sites for hydroxylation is 1. The van der Waals surface area contributed by atoms with E-state index in [-0.39, 0.29) is 35.6 Å². The third kappa shape index (κ3) is 5.81. The van der Waals surface area contributed by atoms with Gasteiger partial charge in [0.2, 0.25) is 0 Å². The van der Waals surface area contributed by atoms with Gasteiger partial charge in [-0.25, -0.2) is 4.68 Å². The predicted molar refractivity (Wildman–Crippen MR) is 207 cm³/mol. The summed E-state index contributed by atoms with van der Waals surface area (Å²) in [5.41, 5.74) is 3.59. The monoisotopic (exact) mass is 728 g/mol. The topological polar surface area (TPSA) is 127 Å². The first-order valence-corrected chi connectivity index (χ1v) is 21.3. The number of ether oxygens (including phenoxy) is 2. The van der Waals surface area contributed by atoms with Crippen LogP contribution in [0.2, 0.25) is 18.6 Å². The summed E-state index contributed by atoms with van der Waals surface area (Å²) in [7, 11) is -0.651. The number of hydrogen-bond donors (Lipinski definition) is 2. The summed E-state index contributed by atoms with van der Waals surface area (Å²) >= 11 is 0. The Morgan fingerprint density at radius 1 is 0.981 bits per heavy atom. The standard InChI is InChI=1S/C41H44N6O5Si/c1-27-38(53(3,4)32-18-16-31(51-2)17-19-32)37(20-22-45-26-29(21-23-48)42-44-45)52-41(27)34-13-6-8-15-36(34)46(40(41)50)25-28-10-9-11-30(24-28)47-39(49)33-12-5-7-14-35(33)43-47/h5-19,24,26-27,37-38,43,48H,20-23,25H2,1-4H3/t27-,37+,38-,41+/m1/s1. The number of aliphatic hydroxyl groups excluding tert-OH is 1. The molecule has 11 nitrogen and oxygen atoms in total. The summed E-state index contributed by atoms with van der Waals surface area (Å²) in [6.45, 7) is 7.84. The number of hydrogen-bond acceptors (Lipinski definition) is 7. The van der Waals surface area contributed by atoms with Gasteiger partial charge in [0.15, 0.2) is 5.60 Å². The van der Waals surface area contributed by atoms with Crippen LogP contribution >= 0.6 is 0 Å². The Morgan fingerprint density at radius 2 is 1.75 bits per heavy atom. The molecule has 0 bridgehead atoms. The Morgan fingerprint density at radius 3 is 2.53 bits per heavy atom. The molecule has 1 fully saturated rings. The van der Waals surface area contributed by atoms with Crippen molar-refractivity contribution in [2.24, 2.45) is 5.92 Å². The number of carbonyl (C=O) groups is 1. The first kappa shape index (κ1) is 34.8. The maximum absolute atomic E-state index is 15.2. The number of nitrogens with one attached hydrogen (secondary N) is 1. The van der Waals surface area contributed by atoms with E-state index in [9.17, 15) is 9.90 Å². The minimum Gasteiger partial charge on any atom is -0.497 e. The van der Waals surface area contributed by atoms with Crippen molar-refractivity contribution in [2.75, 3.05) is 18.6 Å². The minimum absolute atomic E-state index is 0.0119. The third-order valence-electron chi connectivity index (χ3n) is 11.4. The molecule has 4 aromatic carbocycles. The van der Waals surface area contributed by atoms with Gasteiger partial charge in [-0.2, -0.15) is 0 Å². The van der Waals surface area contributed by atoms with E-state index in [0.717, 1.165) is 33.8 Å². The van der Waals surface area contributed by atoms with E-state index in [1.165, 1.54) is 5.19 Å². The minimum atomic E-state index is -2.32. The van der Waals surface area contributed by atoms with Crippen molar-refractivity contribution in [1.29, 1.82) is 0 Å². The molecular formula is C41H44N6O5Si. The number of aromatic amines is 1. The number of carbonyl (C=O) groups excluding carboxylic acids is 1.